The van der Waals surface area contributed by atoms with Crippen LogP contribution >= 0.6 is 0 Å². The molecule has 0 aromatic heterocycles. The molecule has 0 spiro atoms. The first kappa shape index (κ1) is 11.8. The fraction of sp³-hybridized carbons (Fsp3) is 0.462. The lowest BCUT2D eigenvalue weighted by molar-refractivity contribution is 0.00687. The molecule has 1 rings (SSSR count). The molecular formula is C13H18O2. The molecule has 0 atom stereocenters. The summed E-state index contributed by atoms with van der Waals surface area (Å²) < 4.78 is 5.32. The molecule has 2 heteroatoms. The first-order chi connectivity index (χ1) is 6.79. The van der Waals surface area contributed by atoms with Crippen LogP contribution in [0.2, 0.25) is 0 Å². The summed E-state index contributed by atoms with van der Waals surface area (Å²) in [7, 11) is 0. The van der Waals surface area contributed by atoms with E-state index in [1.54, 1.807) is 0 Å². The van der Waals surface area contributed by atoms with Gasteiger partial charge in [0.15, 0.2) is 0 Å². The molecule has 0 aliphatic rings. The third-order valence-corrected chi connectivity index (χ3v) is 2.01. The number of rotatable bonds is 1. The van der Waals surface area contributed by atoms with Crippen LogP contribution in [-0.2, 0) is 4.74 Å². The SMILES string of the molecule is Cc1ccc(C)c(C(=O)OC(C)(C)C)c1. The maximum Gasteiger partial charge on any atom is 0.338 e. The normalized spacial score (nSPS) is 11.3. The minimum Gasteiger partial charge on any atom is -0.456 e. The lowest BCUT2D eigenvalue weighted by atomic mass is 10.1. The van der Waals surface area contributed by atoms with E-state index in [4.69, 9.17) is 4.74 Å². The summed E-state index contributed by atoms with van der Waals surface area (Å²) in [5.41, 5.74) is 2.24. The third-order valence-electron chi connectivity index (χ3n) is 2.01. The van der Waals surface area contributed by atoms with E-state index in [2.05, 4.69) is 0 Å². The van der Waals surface area contributed by atoms with E-state index in [0.29, 0.717) is 5.56 Å². The zero-order valence-corrected chi connectivity index (χ0v) is 10.0. The molecule has 0 aliphatic carbocycles. The molecule has 2 nitrogen and oxygen atoms in total. The molecule has 1 aromatic carbocycles. The quantitative estimate of drug-likeness (QED) is 0.659. The Morgan fingerprint density at radius 2 is 1.80 bits per heavy atom. The monoisotopic (exact) mass is 206 g/mol. The van der Waals surface area contributed by atoms with Crippen LogP contribution in [0.25, 0.3) is 0 Å². The van der Waals surface area contributed by atoms with Crippen LogP contribution in [0.4, 0.5) is 0 Å². The fourth-order valence-electron chi connectivity index (χ4n) is 1.29. The number of esters is 1. The summed E-state index contributed by atoms with van der Waals surface area (Å²) in [6.45, 7) is 9.49. The molecule has 0 heterocycles. The summed E-state index contributed by atoms with van der Waals surface area (Å²) in [6.07, 6.45) is 0. The van der Waals surface area contributed by atoms with Gasteiger partial charge in [0.05, 0.1) is 5.56 Å². The standard InChI is InChI=1S/C13H18O2/c1-9-6-7-10(2)11(8-9)12(14)15-13(3,4)5/h6-8H,1-5H3. The number of ether oxygens (including phenoxy) is 1. The van der Waals surface area contributed by atoms with Crippen molar-refractivity contribution in [3.8, 4) is 0 Å². The van der Waals surface area contributed by atoms with Crippen LogP contribution in [0, 0.1) is 13.8 Å². The van der Waals surface area contributed by atoms with Gasteiger partial charge in [-0.15, -0.1) is 0 Å². The third kappa shape index (κ3) is 3.39. The number of aryl methyl sites for hydroxylation is 2. The summed E-state index contributed by atoms with van der Waals surface area (Å²) >= 11 is 0. The number of hydrogen-bond acceptors (Lipinski definition) is 2. The highest BCUT2D eigenvalue weighted by Gasteiger charge is 2.19. The maximum absolute atomic E-state index is 11.8. The van der Waals surface area contributed by atoms with E-state index in [9.17, 15) is 4.79 Å². The Morgan fingerprint density at radius 3 is 2.33 bits per heavy atom. The van der Waals surface area contributed by atoms with Gasteiger partial charge in [-0.1, -0.05) is 17.7 Å². The zero-order valence-electron chi connectivity index (χ0n) is 10.0. The topological polar surface area (TPSA) is 26.3 Å². The molecule has 0 radical (unpaired) electrons. The van der Waals surface area contributed by atoms with Crippen molar-refractivity contribution in [3.63, 3.8) is 0 Å². The van der Waals surface area contributed by atoms with Gasteiger partial charge in [0.1, 0.15) is 5.60 Å². The number of carbonyl (C=O) groups excluding carboxylic acids is 1. The molecule has 1 aromatic rings. The van der Waals surface area contributed by atoms with Crippen molar-refractivity contribution in [1.29, 1.82) is 0 Å². The molecule has 0 N–H and O–H groups in total. The van der Waals surface area contributed by atoms with Gasteiger partial charge in [0, 0.05) is 0 Å². The van der Waals surface area contributed by atoms with E-state index in [1.165, 1.54) is 0 Å². The molecular weight excluding hydrogens is 188 g/mol. The Labute approximate surface area is 91.3 Å². The van der Waals surface area contributed by atoms with Gasteiger partial charge in [-0.25, -0.2) is 4.79 Å². The lowest BCUT2D eigenvalue weighted by Crippen LogP contribution is -2.24. The van der Waals surface area contributed by atoms with Crippen molar-refractivity contribution in [2.75, 3.05) is 0 Å². The highest BCUT2D eigenvalue weighted by atomic mass is 16.6. The second-order valence-electron chi connectivity index (χ2n) is 4.82. The van der Waals surface area contributed by atoms with Crippen LogP contribution in [0.5, 0.6) is 0 Å². The van der Waals surface area contributed by atoms with Crippen LogP contribution in [-0.4, -0.2) is 11.6 Å². The van der Waals surface area contributed by atoms with Crippen molar-refractivity contribution in [1.82, 2.24) is 0 Å². The van der Waals surface area contributed by atoms with Gasteiger partial charge >= 0.3 is 5.97 Å². The smallest absolute Gasteiger partial charge is 0.338 e. The average molecular weight is 206 g/mol. The molecule has 0 aliphatic heterocycles. The minimum atomic E-state index is -0.437. The Kier molecular flexibility index (Phi) is 3.18. The van der Waals surface area contributed by atoms with Crippen molar-refractivity contribution >= 4 is 5.97 Å². The Balaban J connectivity index is 2.96. The van der Waals surface area contributed by atoms with Crippen LogP contribution in [0.1, 0.15) is 42.3 Å². The largest absolute Gasteiger partial charge is 0.456 e. The van der Waals surface area contributed by atoms with Crippen molar-refractivity contribution in [2.45, 2.75) is 40.2 Å². The second kappa shape index (κ2) is 4.05. The van der Waals surface area contributed by atoms with Gasteiger partial charge in [-0.3, -0.25) is 0 Å². The van der Waals surface area contributed by atoms with E-state index in [0.717, 1.165) is 11.1 Å². The minimum absolute atomic E-state index is 0.247. The maximum atomic E-state index is 11.8. The number of benzene rings is 1. The van der Waals surface area contributed by atoms with Gasteiger partial charge in [-0.2, -0.15) is 0 Å². The van der Waals surface area contributed by atoms with Crippen LogP contribution in [0.3, 0.4) is 0 Å². The first-order valence-corrected chi connectivity index (χ1v) is 5.10. The van der Waals surface area contributed by atoms with Crippen LogP contribution in [0.15, 0.2) is 18.2 Å². The second-order valence-corrected chi connectivity index (χ2v) is 4.82. The molecule has 0 bridgehead atoms. The molecule has 0 amide bonds. The molecule has 0 saturated carbocycles. The van der Waals surface area contributed by atoms with Crippen molar-refractivity contribution in [2.24, 2.45) is 0 Å². The van der Waals surface area contributed by atoms with Crippen molar-refractivity contribution < 1.29 is 9.53 Å². The predicted octanol–water partition coefficient (Wildman–Crippen LogP) is 3.26. The van der Waals surface area contributed by atoms with Crippen LogP contribution < -0.4 is 0 Å². The molecule has 0 saturated heterocycles. The van der Waals surface area contributed by atoms with E-state index in [-0.39, 0.29) is 5.97 Å². The highest BCUT2D eigenvalue weighted by molar-refractivity contribution is 5.91. The predicted molar refractivity (Wildman–Crippen MR) is 61.1 cm³/mol. The van der Waals surface area contributed by atoms with E-state index < -0.39 is 5.60 Å². The fourth-order valence-corrected chi connectivity index (χ4v) is 1.29. The number of carbonyl (C=O) groups is 1. The lowest BCUT2D eigenvalue weighted by Gasteiger charge is -2.20. The molecule has 0 unspecified atom stereocenters. The molecule has 15 heavy (non-hydrogen) atoms. The molecule has 0 fully saturated rings. The Hall–Kier alpha value is -1.31. The van der Waals surface area contributed by atoms with Crippen molar-refractivity contribution in [3.05, 3.63) is 34.9 Å². The van der Waals surface area contributed by atoms with Gasteiger partial charge in [-0.05, 0) is 46.2 Å². The van der Waals surface area contributed by atoms with E-state index in [1.807, 2.05) is 52.8 Å². The zero-order chi connectivity index (χ0) is 11.6. The van der Waals surface area contributed by atoms with Gasteiger partial charge in [0.2, 0.25) is 0 Å². The Morgan fingerprint density at radius 1 is 1.20 bits per heavy atom. The van der Waals surface area contributed by atoms with E-state index >= 15 is 0 Å². The summed E-state index contributed by atoms with van der Waals surface area (Å²) in [5, 5.41) is 0. The number of hydrogen-bond donors (Lipinski definition) is 0. The summed E-state index contributed by atoms with van der Waals surface area (Å²) in [6, 6.07) is 5.79. The van der Waals surface area contributed by atoms with Gasteiger partial charge < -0.3 is 4.74 Å². The molecule has 82 valence electrons. The average Bonchev–Trinajstić information content (AvgIpc) is 2.06. The summed E-state index contributed by atoms with van der Waals surface area (Å²) in [4.78, 5) is 11.8. The highest BCUT2D eigenvalue weighted by Crippen LogP contribution is 2.16. The summed E-state index contributed by atoms with van der Waals surface area (Å²) in [5.74, 6) is -0.247. The first-order valence-electron chi connectivity index (χ1n) is 5.10. The van der Waals surface area contributed by atoms with Gasteiger partial charge in [0.25, 0.3) is 0 Å². The Bertz CT molecular complexity index is 373.